The molecule has 0 bridgehead atoms. The normalized spacial score (nSPS) is 11.2. The lowest BCUT2D eigenvalue weighted by Gasteiger charge is -2.09. The van der Waals surface area contributed by atoms with E-state index in [1.54, 1.807) is 18.7 Å². The summed E-state index contributed by atoms with van der Waals surface area (Å²) >= 11 is 0. The van der Waals surface area contributed by atoms with E-state index >= 15 is 0 Å². The van der Waals surface area contributed by atoms with Gasteiger partial charge in [-0.3, -0.25) is 4.57 Å². The van der Waals surface area contributed by atoms with Gasteiger partial charge in [0, 0.05) is 30.3 Å². The summed E-state index contributed by atoms with van der Waals surface area (Å²) in [6.07, 6.45) is 7.00. The number of anilines is 1. The number of nitrogens with zero attached hydrogens (tertiary/aromatic N) is 4. The van der Waals surface area contributed by atoms with Crippen molar-refractivity contribution < 1.29 is 4.74 Å². The number of ether oxygens (including phenoxy) is 1. The second-order valence-corrected chi connectivity index (χ2v) is 6.26. The van der Waals surface area contributed by atoms with Gasteiger partial charge in [0.05, 0.1) is 6.54 Å². The van der Waals surface area contributed by atoms with Crippen LogP contribution >= 0.6 is 0 Å². The fourth-order valence-corrected chi connectivity index (χ4v) is 2.72. The summed E-state index contributed by atoms with van der Waals surface area (Å²) in [6.45, 7) is 0.434. The van der Waals surface area contributed by atoms with Gasteiger partial charge in [-0.2, -0.15) is 0 Å². The molecule has 0 fully saturated rings. The van der Waals surface area contributed by atoms with Crippen LogP contribution in [0.3, 0.4) is 0 Å². The molecule has 29 heavy (non-hydrogen) atoms. The molecule has 7 heteroatoms. The number of pyridine rings is 1. The molecule has 7 nitrogen and oxygen atoms in total. The highest BCUT2D eigenvalue weighted by atomic mass is 16.5. The van der Waals surface area contributed by atoms with Crippen molar-refractivity contribution in [2.24, 2.45) is 10.7 Å². The summed E-state index contributed by atoms with van der Waals surface area (Å²) in [7, 11) is 0. The first-order valence-corrected chi connectivity index (χ1v) is 9.09. The van der Waals surface area contributed by atoms with Gasteiger partial charge in [-0.25, -0.2) is 15.0 Å². The molecule has 0 saturated heterocycles. The first-order valence-electron chi connectivity index (χ1n) is 9.09. The van der Waals surface area contributed by atoms with E-state index in [0.29, 0.717) is 18.3 Å². The maximum atomic E-state index is 6.06. The van der Waals surface area contributed by atoms with Crippen LogP contribution in [0.25, 0.3) is 5.82 Å². The van der Waals surface area contributed by atoms with E-state index in [-0.39, 0.29) is 0 Å². The monoisotopic (exact) mass is 384 g/mol. The van der Waals surface area contributed by atoms with E-state index in [2.05, 4.69) is 20.3 Å². The summed E-state index contributed by atoms with van der Waals surface area (Å²) in [6, 6.07) is 21.0. The second kappa shape index (κ2) is 8.71. The number of aromatic nitrogens is 3. The summed E-state index contributed by atoms with van der Waals surface area (Å²) in [4.78, 5) is 12.8. The van der Waals surface area contributed by atoms with E-state index in [0.717, 1.165) is 22.8 Å². The number of para-hydroxylation sites is 1. The van der Waals surface area contributed by atoms with Crippen molar-refractivity contribution in [1.82, 2.24) is 14.5 Å². The number of benzene rings is 2. The molecule has 0 unspecified atom stereocenters. The summed E-state index contributed by atoms with van der Waals surface area (Å²) in [5.41, 5.74) is 7.85. The molecule has 2 heterocycles. The van der Waals surface area contributed by atoms with E-state index < -0.39 is 0 Å². The van der Waals surface area contributed by atoms with Gasteiger partial charge < -0.3 is 15.8 Å². The van der Waals surface area contributed by atoms with Gasteiger partial charge in [0.2, 0.25) is 0 Å². The Labute approximate surface area is 168 Å². The van der Waals surface area contributed by atoms with Crippen LogP contribution in [-0.4, -0.2) is 20.5 Å². The molecule has 0 spiro atoms. The Balaban J connectivity index is 1.40. The maximum Gasteiger partial charge on any atom is 0.193 e. The zero-order chi connectivity index (χ0) is 19.9. The molecule has 3 N–H and O–H groups in total. The lowest BCUT2D eigenvalue weighted by molar-refractivity contribution is 0.483. The molecule has 0 saturated carbocycles. The van der Waals surface area contributed by atoms with E-state index in [1.165, 1.54) is 0 Å². The fourth-order valence-electron chi connectivity index (χ4n) is 2.72. The van der Waals surface area contributed by atoms with Gasteiger partial charge in [0.25, 0.3) is 0 Å². The number of aliphatic imine (C=N–C) groups is 1. The van der Waals surface area contributed by atoms with Crippen molar-refractivity contribution in [2.45, 2.75) is 6.54 Å². The van der Waals surface area contributed by atoms with Crippen LogP contribution in [0.15, 0.2) is 96.6 Å². The average Bonchev–Trinajstić information content (AvgIpc) is 3.29. The molecule has 2 aromatic heterocycles. The van der Waals surface area contributed by atoms with Gasteiger partial charge >= 0.3 is 0 Å². The predicted octanol–water partition coefficient (Wildman–Crippen LogP) is 3.99. The van der Waals surface area contributed by atoms with Crippen LogP contribution < -0.4 is 15.8 Å². The van der Waals surface area contributed by atoms with Gasteiger partial charge in [0.15, 0.2) is 5.96 Å². The number of rotatable bonds is 6. The average molecular weight is 384 g/mol. The van der Waals surface area contributed by atoms with Crippen molar-refractivity contribution in [3.63, 3.8) is 0 Å². The van der Waals surface area contributed by atoms with E-state index in [1.807, 2.05) is 77.5 Å². The first kappa shape index (κ1) is 18.2. The molecule has 0 aliphatic heterocycles. The maximum absolute atomic E-state index is 6.06. The minimum atomic E-state index is 0.322. The van der Waals surface area contributed by atoms with Crippen molar-refractivity contribution in [2.75, 3.05) is 5.32 Å². The number of nitrogens with two attached hydrogens (primary N) is 1. The van der Waals surface area contributed by atoms with E-state index in [9.17, 15) is 0 Å². The molecule has 0 radical (unpaired) electrons. The lowest BCUT2D eigenvalue weighted by Crippen LogP contribution is -2.22. The third-order valence-electron chi connectivity index (χ3n) is 4.10. The largest absolute Gasteiger partial charge is 0.457 e. The van der Waals surface area contributed by atoms with E-state index in [4.69, 9.17) is 10.5 Å². The summed E-state index contributed by atoms with van der Waals surface area (Å²) in [5.74, 6) is 2.60. The van der Waals surface area contributed by atoms with Crippen LogP contribution in [0.2, 0.25) is 0 Å². The quantitative estimate of drug-likeness (QED) is 0.387. The molecular weight excluding hydrogens is 364 g/mol. The second-order valence-electron chi connectivity index (χ2n) is 6.26. The molecule has 4 rings (SSSR count). The van der Waals surface area contributed by atoms with Crippen LogP contribution in [0, 0.1) is 0 Å². The Morgan fingerprint density at radius 1 is 1.00 bits per heavy atom. The molecule has 0 aliphatic carbocycles. The fraction of sp³-hybridized carbons (Fsp3) is 0.0455. The number of guanidine groups is 1. The highest BCUT2D eigenvalue weighted by molar-refractivity contribution is 5.92. The van der Waals surface area contributed by atoms with Gasteiger partial charge in [-0.1, -0.05) is 24.3 Å². The molecular formula is C22H20N6O. The summed E-state index contributed by atoms with van der Waals surface area (Å²) in [5, 5.41) is 3.10. The minimum Gasteiger partial charge on any atom is -0.457 e. The van der Waals surface area contributed by atoms with Crippen LogP contribution in [0.5, 0.6) is 11.5 Å². The van der Waals surface area contributed by atoms with Gasteiger partial charge in [0.1, 0.15) is 23.6 Å². The summed E-state index contributed by atoms with van der Waals surface area (Å²) < 4.78 is 7.68. The zero-order valence-corrected chi connectivity index (χ0v) is 15.6. The Morgan fingerprint density at radius 2 is 1.86 bits per heavy atom. The Morgan fingerprint density at radius 3 is 2.69 bits per heavy atom. The number of imidazole rings is 1. The molecule has 144 valence electrons. The third kappa shape index (κ3) is 4.98. The highest BCUT2D eigenvalue weighted by Crippen LogP contribution is 2.23. The van der Waals surface area contributed by atoms with Crippen molar-refractivity contribution in [1.29, 1.82) is 0 Å². The van der Waals surface area contributed by atoms with Crippen molar-refractivity contribution in [3.8, 4) is 17.3 Å². The minimum absolute atomic E-state index is 0.322. The third-order valence-corrected chi connectivity index (χ3v) is 4.10. The smallest absolute Gasteiger partial charge is 0.193 e. The van der Waals surface area contributed by atoms with Crippen LogP contribution in [0.4, 0.5) is 5.69 Å². The molecule has 0 amide bonds. The molecule has 0 atom stereocenters. The molecule has 2 aromatic carbocycles. The first-order chi connectivity index (χ1) is 14.3. The zero-order valence-electron chi connectivity index (χ0n) is 15.6. The van der Waals surface area contributed by atoms with Gasteiger partial charge in [-0.15, -0.1) is 0 Å². The van der Waals surface area contributed by atoms with Gasteiger partial charge in [-0.05, 0) is 42.0 Å². The number of hydrogen-bond donors (Lipinski definition) is 2. The Bertz CT molecular complexity index is 1090. The Kier molecular flexibility index (Phi) is 5.48. The highest BCUT2D eigenvalue weighted by Gasteiger charge is 2.02. The topological polar surface area (TPSA) is 90.4 Å². The Hall–Kier alpha value is -4.13. The molecule has 4 aromatic rings. The molecule has 0 aliphatic rings. The number of nitrogens with one attached hydrogen (secondary N) is 1. The van der Waals surface area contributed by atoms with Crippen molar-refractivity contribution in [3.05, 3.63) is 97.2 Å². The van der Waals surface area contributed by atoms with Crippen LogP contribution in [-0.2, 0) is 6.54 Å². The number of hydrogen-bond acceptors (Lipinski definition) is 4. The van der Waals surface area contributed by atoms with Crippen LogP contribution in [0.1, 0.15) is 5.56 Å². The SMILES string of the molecule is NC(=NCc1ccnc(-n2ccnc2)c1)Nc1cccc(Oc2ccccc2)c1. The standard InChI is InChI=1S/C22H20N6O/c23-22(26-15-17-9-10-25-21(13-17)28-12-11-24-16-28)27-18-5-4-8-20(14-18)29-19-6-2-1-3-7-19/h1-14,16H,15H2,(H3,23,26,27). The predicted molar refractivity (Wildman–Crippen MR) is 113 cm³/mol. The van der Waals surface area contributed by atoms with Crippen molar-refractivity contribution >= 4 is 11.6 Å². The lowest BCUT2D eigenvalue weighted by atomic mass is 10.2.